The van der Waals surface area contributed by atoms with Crippen molar-refractivity contribution in [2.75, 3.05) is 0 Å². The Morgan fingerprint density at radius 3 is 2.29 bits per heavy atom. The van der Waals surface area contributed by atoms with Gasteiger partial charge in [-0.25, -0.2) is 9.59 Å². The lowest BCUT2D eigenvalue weighted by Crippen LogP contribution is -2.45. The molecule has 1 amide bonds. The first-order valence-electron chi connectivity index (χ1n) is 8.51. The van der Waals surface area contributed by atoms with Crippen LogP contribution in [0.3, 0.4) is 0 Å². The predicted molar refractivity (Wildman–Crippen MR) is 91.9 cm³/mol. The number of alkyl carbamates (subject to hydrolysis) is 1. The molecule has 0 fully saturated rings. The van der Waals surface area contributed by atoms with Crippen molar-refractivity contribution in [2.24, 2.45) is 0 Å². The third kappa shape index (κ3) is 8.79. The molecular weight excluding hydrogens is 310 g/mol. The molecule has 2 atom stereocenters. The third-order valence-electron chi connectivity index (χ3n) is 3.16. The molecule has 1 N–H and O–H groups in total. The SMILES string of the molecule is CC(C)(C)NC(=O)OC1CCCC/C=C/C1OC(=O)OC(C)(C)C. The largest absolute Gasteiger partial charge is 0.509 e. The fourth-order valence-corrected chi connectivity index (χ4v) is 2.23. The summed E-state index contributed by atoms with van der Waals surface area (Å²) in [4.78, 5) is 24.0. The summed E-state index contributed by atoms with van der Waals surface area (Å²) in [7, 11) is 0. The molecule has 6 heteroatoms. The molecule has 6 nitrogen and oxygen atoms in total. The van der Waals surface area contributed by atoms with E-state index in [4.69, 9.17) is 14.2 Å². The molecule has 0 radical (unpaired) electrons. The van der Waals surface area contributed by atoms with Crippen molar-refractivity contribution < 1.29 is 23.8 Å². The van der Waals surface area contributed by atoms with Crippen LogP contribution >= 0.6 is 0 Å². The second kappa shape index (κ2) is 8.40. The van der Waals surface area contributed by atoms with Gasteiger partial charge in [0.1, 0.15) is 11.7 Å². The van der Waals surface area contributed by atoms with Gasteiger partial charge in [0.15, 0.2) is 6.10 Å². The fraction of sp³-hybridized carbons (Fsp3) is 0.778. The molecule has 24 heavy (non-hydrogen) atoms. The fourth-order valence-electron chi connectivity index (χ4n) is 2.23. The summed E-state index contributed by atoms with van der Waals surface area (Å²) in [5.41, 5.74) is -1.03. The van der Waals surface area contributed by atoms with Crippen molar-refractivity contribution in [3.8, 4) is 0 Å². The van der Waals surface area contributed by atoms with Gasteiger partial charge in [0.25, 0.3) is 0 Å². The Labute approximate surface area is 144 Å². The number of hydrogen-bond acceptors (Lipinski definition) is 5. The lowest BCUT2D eigenvalue weighted by Gasteiger charge is -2.29. The first-order valence-corrected chi connectivity index (χ1v) is 8.51. The molecule has 0 saturated carbocycles. The second-order valence-corrected chi connectivity index (χ2v) is 8.08. The number of hydrogen-bond donors (Lipinski definition) is 1. The molecule has 0 aromatic heterocycles. The molecule has 0 aromatic carbocycles. The Hall–Kier alpha value is -1.72. The zero-order valence-corrected chi connectivity index (χ0v) is 15.7. The average Bonchev–Trinajstić information content (AvgIpc) is 2.32. The summed E-state index contributed by atoms with van der Waals surface area (Å²) in [6, 6.07) is 0. The van der Waals surface area contributed by atoms with Gasteiger partial charge in [0.05, 0.1) is 0 Å². The minimum Gasteiger partial charge on any atom is -0.442 e. The normalized spacial score (nSPS) is 23.4. The molecule has 0 saturated heterocycles. The Bertz CT molecular complexity index is 459. The van der Waals surface area contributed by atoms with Gasteiger partial charge in [-0.15, -0.1) is 0 Å². The first-order chi connectivity index (χ1) is 11.0. The van der Waals surface area contributed by atoms with Crippen LogP contribution in [0, 0.1) is 0 Å². The summed E-state index contributed by atoms with van der Waals surface area (Å²) < 4.78 is 16.1. The zero-order valence-electron chi connectivity index (χ0n) is 15.7. The average molecular weight is 341 g/mol. The molecule has 0 bridgehead atoms. The van der Waals surface area contributed by atoms with Crippen molar-refractivity contribution in [3.05, 3.63) is 12.2 Å². The van der Waals surface area contributed by atoms with Crippen LogP contribution in [0.25, 0.3) is 0 Å². The van der Waals surface area contributed by atoms with E-state index in [9.17, 15) is 9.59 Å². The van der Waals surface area contributed by atoms with Crippen LogP contribution in [0.2, 0.25) is 0 Å². The van der Waals surface area contributed by atoms with E-state index >= 15 is 0 Å². The van der Waals surface area contributed by atoms with Crippen molar-refractivity contribution in [2.45, 2.75) is 90.6 Å². The smallest absolute Gasteiger partial charge is 0.442 e. The maximum atomic E-state index is 12.1. The van der Waals surface area contributed by atoms with E-state index < -0.39 is 35.6 Å². The molecule has 1 rings (SSSR count). The number of ether oxygens (including phenoxy) is 3. The summed E-state index contributed by atoms with van der Waals surface area (Å²) in [5, 5.41) is 2.76. The van der Waals surface area contributed by atoms with Crippen molar-refractivity contribution in [3.63, 3.8) is 0 Å². The first kappa shape index (κ1) is 20.3. The summed E-state index contributed by atoms with van der Waals surface area (Å²) in [6.07, 6.45) is 4.72. The van der Waals surface area contributed by atoms with Crippen LogP contribution in [0.1, 0.15) is 67.2 Å². The predicted octanol–water partition coefficient (Wildman–Crippen LogP) is 4.33. The molecule has 1 aliphatic carbocycles. The molecule has 0 heterocycles. The number of rotatable bonds is 2. The van der Waals surface area contributed by atoms with E-state index in [1.807, 2.05) is 26.8 Å². The molecule has 0 aromatic rings. The molecular formula is C18H31NO5. The van der Waals surface area contributed by atoms with Crippen LogP contribution in [0.5, 0.6) is 0 Å². The van der Waals surface area contributed by atoms with Gasteiger partial charge < -0.3 is 19.5 Å². The van der Waals surface area contributed by atoms with Crippen molar-refractivity contribution in [1.82, 2.24) is 5.32 Å². The van der Waals surface area contributed by atoms with Gasteiger partial charge in [0.2, 0.25) is 0 Å². The number of carbonyl (C=O) groups is 2. The van der Waals surface area contributed by atoms with Gasteiger partial charge in [-0.1, -0.05) is 6.08 Å². The van der Waals surface area contributed by atoms with E-state index in [0.717, 1.165) is 19.3 Å². The zero-order chi connectivity index (χ0) is 18.4. The molecule has 1 aliphatic rings. The van der Waals surface area contributed by atoms with Crippen LogP contribution in [0.4, 0.5) is 9.59 Å². The van der Waals surface area contributed by atoms with E-state index in [2.05, 4.69) is 5.32 Å². The molecule has 138 valence electrons. The topological polar surface area (TPSA) is 73.9 Å². The van der Waals surface area contributed by atoms with Crippen LogP contribution in [-0.4, -0.2) is 35.6 Å². The number of amides is 1. The van der Waals surface area contributed by atoms with Gasteiger partial charge in [0, 0.05) is 5.54 Å². The highest BCUT2D eigenvalue weighted by Gasteiger charge is 2.30. The van der Waals surface area contributed by atoms with E-state index in [1.54, 1.807) is 26.8 Å². The van der Waals surface area contributed by atoms with Gasteiger partial charge in [-0.2, -0.15) is 0 Å². The Morgan fingerprint density at radius 2 is 1.71 bits per heavy atom. The standard InChI is InChI=1S/C18H31NO5/c1-17(2,3)19-15(20)22-13-11-9-7-8-10-12-14(13)23-16(21)24-18(4,5)6/h10,12-14H,7-9,11H2,1-6H3,(H,19,20)/b12-10+. The molecule has 0 aliphatic heterocycles. The van der Waals surface area contributed by atoms with Crippen LogP contribution in [0.15, 0.2) is 12.2 Å². The van der Waals surface area contributed by atoms with Crippen LogP contribution in [-0.2, 0) is 14.2 Å². The van der Waals surface area contributed by atoms with Crippen molar-refractivity contribution >= 4 is 12.2 Å². The summed E-state index contributed by atoms with van der Waals surface area (Å²) >= 11 is 0. The monoisotopic (exact) mass is 341 g/mol. The van der Waals surface area contributed by atoms with Gasteiger partial charge in [-0.05, 0) is 73.3 Å². The quantitative estimate of drug-likeness (QED) is 0.598. The lowest BCUT2D eigenvalue weighted by molar-refractivity contribution is -0.0511. The number of allylic oxidation sites excluding steroid dienone is 1. The highest BCUT2D eigenvalue weighted by atomic mass is 16.7. The van der Waals surface area contributed by atoms with E-state index in [-0.39, 0.29) is 0 Å². The maximum absolute atomic E-state index is 12.1. The minimum atomic E-state index is -0.762. The summed E-state index contributed by atoms with van der Waals surface area (Å²) in [5.74, 6) is 0. The second-order valence-electron chi connectivity index (χ2n) is 8.08. The van der Waals surface area contributed by atoms with Gasteiger partial charge in [-0.3, -0.25) is 0 Å². The van der Waals surface area contributed by atoms with Crippen molar-refractivity contribution in [1.29, 1.82) is 0 Å². The highest BCUT2D eigenvalue weighted by Crippen LogP contribution is 2.20. The minimum absolute atomic E-state index is 0.393. The number of nitrogens with one attached hydrogen (secondary N) is 1. The summed E-state index contributed by atoms with van der Waals surface area (Å²) in [6.45, 7) is 10.9. The Morgan fingerprint density at radius 1 is 1.04 bits per heavy atom. The molecule has 2 unspecified atom stereocenters. The molecule has 0 spiro atoms. The van der Waals surface area contributed by atoms with E-state index in [1.165, 1.54) is 0 Å². The lowest BCUT2D eigenvalue weighted by atomic mass is 10.0. The highest BCUT2D eigenvalue weighted by molar-refractivity contribution is 5.68. The number of carbonyl (C=O) groups excluding carboxylic acids is 2. The third-order valence-corrected chi connectivity index (χ3v) is 3.16. The van der Waals surface area contributed by atoms with Crippen LogP contribution < -0.4 is 5.32 Å². The Balaban J connectivity index is 2.75. The Kier molecular flexibility index (Phi) is 7.11. The van der Waals surface area contributed by atoms with Gasteiger partial charge >= 0.3 is 12.2 Å². The van der Waals surface area contributed by atoms with E-state index in [0.29, 0.717) is 6.42 Å². The maximum Gasteiger partial charge on any atom is 0.509 e.